The Morgan fingerprint density at radius 3 is 2.89 bits per heavy atom. The number of benzene rings is 1. The lowest BCUT2D eigenvalue weighted by Gasteiger charge is -1.91. The molecule has 6 heteroatoms. The number of carbonyl (C=O) groups is 1. The summed E-state index contributed by atoms with van der Waals surface area (Å²) in [6, 6.07) is 6.66. The SMILES string of the molecule is Cc1cc(-c2nc3ccc(C(=O)O)cc3s2)no1. The average Bonchev–Trinajstić information content (AvgIpc) is 2.93. The van der Waals surface area contributed by atoms with E-state index in [9.17, 15) is 4.79 Å². The maximum absolute atomic E-state index is 10.9. The van der Waals surface area contributed by atoms with Crippen LogP contribution in [0.25, 0.3) is 20.9 Å². The van der Waals surface area contributed by atoms with Gasteiger partial charge in [0, 0.05) is 6.07 Å². The largest absolute Gasteiger partial charge is 0.478 e. The second kappa shape index (κ2) is 3.92. The summed E-state index contributed by atoms with van der Waals surface area (Å²) in [5.41, 5.74) is 1.69. The Labute approximate surface area is 106 Å². The normalized spacial score (nSPS) is 10.9. The molecule has 0 saturated heterocycles. The number of carboxylic acid groups (broad SMARTS) is 1. The second-order valence-corrected chi connectivity index (χ2v) is 4.86. The van der Waals surface area contributed by atoms with Gasteiger partial charge in [-0.05, 0) is 25.1 Å². The van der Waals surface area contributed by atoms with Gasteiger partial charge >= 0.3 is 5.97 Å². The zero-order chi connectivity index (χ0) is 12.7. The Hall–Kier alpha value is -2.21. The van der Waals surface area contributed by atoms with Gasteiger partial charge in [-0.15, -0.1) is 11.3 Å². The minimum atomic E-state index is -0.941. The average molecular weight is 260 g/mol. The van der Waals surface area contributed by atoms with Gasteiger partial charge < -0.3 is 9.63 Å². The first kappa shape index (κ1) is 10.9. The number of hydrogen-bond donors (Lipinski definition) is 1. The molecule has 0 bridgehead atoms. The number of aryl methyl sites for hydroxylation is 1. The molecule has 1 aromatic carbocycles. The van der Waals surface area contributed by atoms with E-state index >= 15 is 0 Å². The maximum atomic E-state index is 10.9. The van der Waals surface area contributed by atoms with Gasteiger partial charge in [-0.1, -0.05) is 5.16 Å². The predicted molar refractivity (Wildman–Crippen MR) is 66.8 cm³/mol. The fourth-order valence-electron chi connectivity index (χ4n) is 1.63. The Morgan fingerprint density at radius 1 is 1.39 bits per heavy atom. The van der Waals surface area contributed by atoms with Crippen molar-refractivity contribution < 1.29 is 14.4 Å². The maximum Gasteiger partial charge on any atom is 0.335 e. The number of thiazole rings is 1. The molecule has 90 valence electrons. The first-order valence-electron chi connectivity index (χ1n) is 5.21. The Morgan fingerprint density at radius 2 is 2.22 bits per heavy atom. The number of aromatic nitrogens is 2. The number of hydrogen-bond acceptors (Lipinski definition) is 5. The third-order valence-electron chi connectivity index (χ3n) is 2.48. The monoisotopic (exact) mass is 260 g/mol. The summed E-state index contributed by atoms with van der Waals surface area (Å²) in [6.45, 7) is 1.81. The van der Waals surface area contributed by atoms with Crippen LogP contribution in [0.5, 0.6) is 0 Å². The quantitative estimate of drug-likeness (QED) is 0.766. The van der Waals surface area contributed by atoms with Crippen LogP contribution < -0.4 is 0 Å². The van der Waals surface area contributed by atoms with E-state index in [0.717, 1.165) is 21.0 Å². The van der Waals surface area contributed by atoms with Crippen molar-refractivity contribution in [2.75, 3.05) is 0 Å². The molecule has 5 nitrogen and oxygen atoms in total. The van der Waals surface area contributed by atoms with Crippen molar-refractivity contribution in [1.29, 1.82) is 0 Å². The van der Waals surface area contributed by atoms with Crippen LogP contribution in [-0.4, -0.2) is 21.2 Å². The fourth-order valence-corrected chi connectivity index (χ4v) is 2.59. The van der Waals surface area contributed by atoms with Crippen LogP contribution in [-0.2, 0) is 0 Å². The summed E-state index contributed by atoms with van der Waals surface area (Å²) in [7, 11) is 0. The number of rotatable bonds is 2. The molecule has 0 fully saturated rings. The first-order valence-corrected chi connectivity index (χ1v) is 6.03. The van der Waals surface area contributed by atoms with Crippen molar-refractivity contribution in [2.24, 2.45) is 0 Å². The van der Waals surface area contributed by atoms with E-state index in [2.05, 4.69) is 10.1 Å². The summed E-state index contributed by atoms with van der Waals surface area (Å²) >= 11 is 1.40. The topological polar surface area (TPSA) is 76.2 Å². The van der Waals surface area contributed by atoms with Crippen molar-refractivity contribution >= 4 is 27.5 Å². The molecular formula is C12H8N2O3S. The molecule has 0 spiro atoms. The molecule has 0 unspecified atom stereocenters. The molecule has 1 N–H and O–H groups in total. The van der Waals surface area contributed by atoms with E-state index < -0.39 is 5.97 Å². The molecule has 0 radical (unpaired) electrons. The van der Waals surface area contributed by atoms with Crippen LogP contribution in [0.3, 0.4) is 0 Å². The van der Waals surface area contributed by atoms with Gasteiger partial charge in [0.15, 0.2) is 0 Å². The number of nitrogens with zero attached hydrogens (tertiary/aromatic N) is 2. The van der Waals surface area contributed by atoms with Crippen LogP contribution in [0.15, 0.2) is 28.8 Å². The zero-order valence-electron chi connectivity index (χ0n) is 9.38. The molecule has 0 saturated carbocycles. The van der Waals surface area contributed by atoms with E-state index in [4.69, 9.17) is 9.63 Å². The molecular weight excluding hydrogens is 252 g/mol. The molecule has 3 rings (SSSR count). The van der Waals surface area contributed by atoms with Crippen molar-refractivity contribution in [3.8, 4) is 10.7 Å². The van der Waals surface area contributed by atoms with Crippen molar-refractivity contribution in [3.63, 3.8) is 0 Å². The van der Waals surface area contributed by atoms with E-state index in [1.807, 2.05) is 6.92 Å². The number of fused-ring (bicyclic) bond motifs is 1. The first-order chi connectivity index (χ1) is 8.63. The van der Waals surface area contributed by atoms with Crippen LogP contribution in [0, 0.1) is 6.92 Å². The molecule has 0 atom stereocenters. The van der Waals surface area contributed by atoms with Gasteiger partial charge in [0.05, 0.1) is 15.8 Å². The van der Waals surface area contributed by atoms with Gasteiger partial charge in [-0.25, -0.2) is 9.78 Å². The minimum Gasteiger partial charge on any atom is -0.478 e. The molecule has 0 amide bonds. The summed E-state index contributed by atoms with van der Waals surface area (Å²) in [6.07, 6.45) is 0. The zero-order valence-corrected chi connectivity index (χ0v) is 10.2. The van der Waals surface area contributed by atoms with Gasteiger partial charge in [0.2, 0.25) is 0 Å². The minimum absolute atomic E-state index is 0.258. The molecule has 0 aliphatic heterocycles. The van der Waals surface area contributed by atoms with Gasteiger partial charge in [-0.2, -0.15) is 0 Å². The lowest BCUT2D eigenvalue weighted by atomic mass is 10.2. The van der Waals surface area contributed by atoms with Crippen molar-refractivity contribution in [2.45, 2.75) is 6.92 Å². The summed E-state index contributed by atoms with van der Waals surface area (Å²) in [5, 5.41) is 13.6. The van der Waals surface area contributed by atoms with E-state index in [-0.39, 0.29) is 5.56 Å². The summed E-state index contributed by atoms with van der Waals surface area (Å²) < 4.78 is 5.82. The van der Waals surface area contributed by atoms with E-state index in [1.165, 1.54) is 11.3 Å². The highest BCUT2D eigenvalue weighted by atomic mass is 32.1. The van der Waals surface area contributed by atoms with Gasteiger partial charge in [0.1, 0.15) is 16.5 Å². The highest BCUT2D eigenvalue weighted by Crippen LogP contribution is 2.30. The number of aromatic carboxylic acids is 1. The molecule has 2 heterocycles. The smallest absolute Gasteiger partial charge is 0.335 e. The van der Waals surface area contributed by atoms with Crippen LogP contribution in [0.4, 0.5) is 0 Å². The third-order valence-corrected chi connectivity index (χ3v) is 3.52. The van der Waals surface area contributed by atoms with Crippen LogP contribution in [0.2, 0.25) is 0 Å². The van der Waals surface area contributed by atoms with E-state index in [1.54, 1.807) is 24.3 Å². The lowest BCUT2D eigenvalue weighted by Crippen LogP contribution is -1.94. The second-order valence-electron chi connectivity index (χ2n) is 3.83. The molecule has 18 heavy (non-hydrogen) atoms. The predicted octanol–water partition coefficient (Wildman–Crippen LogP) is 2.96. The third kappa shape index (κ3) is 1.76. The van der Waals surface area contributed by atoms with Gasteiger partial charge in [-0.3, -0.25) is 0 Å². The fraction of sp³-hybridized carbons (Fsp3) is 0.0833. The summed E-state index contributed by atoms with van der Waals surface area (Å²) in [5.74, 6) is -0.223. The molecule has 0 aliphatic rings. The van der Waals surface area contributed by atoms with Gasteiger partial charge in [0.25, 0.3) is 0 Å². The van der Waals surface area contributed by atoms with Crippen LogP contribution >= 0.6 is 11.3 Å². The highest BCUT2D eigenvalue weighted by molar-refractivity contribution is 7.21. The lowest BCUT2D eigenvalue weighted by molar-refractivity contribution is 0.0697. The Kier molecular flexibility index (Phi) is 2.38. The summed E-state index contributed by atoms with van der Waals surface area (Å²) in [4.78, 5) is 15.3. The highest BCUT2D eigenvalue weighted by Gasteiger charge is 2.12. The Balaban J connectivity index is 2.13. The Bertz CT molecular complexity index is 745. The van der Waals surface area contributed by atoms with Crippen LogP contribution in [0.1, 0.15) is 16.1 Å². The standard InChI is InChI=1S/C12H8N2O3S/c1-6-4-9(14-17-6)11-13-8-3-2-7(12(15)16)5-10(8)18-11/h2-5H,1H3,(H,15,16). The van der Waals surface area contributed by atoms with Crippen molar-refractivity contribution in [1.82, 2.24) is 10.1 Å². The number of carboxylic acids is 1. The van der Waals surface area contributed by atoms with Crippen molar-refractivity contribution in [3.05, 3.63) is 35.6 Å². The molecule has 3 aromatic rings. The molecule has 0 aliphatic carbocycles. The molecule has 2 aromatic heterocycles. The van der Waals surface area contributed by atoms with E-state index in [0.29, 0.717) is 5.69 Å².